The van der Waals surface area contributed by atoms with Gasteiger partial charge in [0, 0.05) is 12.3 Å². The lowest BCUT2D eigenvalue weighted by Gasteiger charge is -2.29. The van der Waals surface area contributed by atoms with Gasteiger partial charge in [-0.3, -0.25) is 19.2 Å². The lowest BCUT2D eigenvalue weighted by Crippen LogP contribution is -2.57. The first-order chi connectivity index (χ1) is 12.1. The summed E-state index contributed by atoms with van der Waals surface area (Å²) in [5.74, 6) is -2.62. The molecule has 0 bridgehead atoms. The number of nitrogens with two attached hydrogens (primary N) is 1. The molecule has 0 radical (unpaired) electrons. The van der Waals surface area contributed by atoms with Crippen LogP contribution in [0.4, 0.5) is 0 Å². The summed E-state index contributed by atoms with van der Waals surface area (Å²) < 4.78 is 0. The number of rotatable bonds is 8. The molecule has 1 saturated heterocycles. The number of hydrogen-bond donors (Lipinski definition) is 5. The summed E-state index contributed by atoms with van der Waals surface area (Å²) in [5.41, 5.74) is 5.72. The Hall–Kier alpha value is -1.81. The average molecular weight is 388 g/mol. The standard InChI is InChI=1S/C16H28N4O5S/c1-8(2)12(14(22)18-9(3)16(24)25)19-13(21)11-5-4-6-20(11)15(23)10(17)7-26/h8-12,26H,4-7,17H2,1-3H3,(H,18,22)(H,19,21)(H,24,25). The number of carbonyl (C=O) groups is 4. The normalized spacial score (nSPS) is 20.4. The number of carboxylic acids is 1. The van der Waals surface area contributed by atoms with Crippen LogP contribution >= 0.6 is 12.6 Å². The van der Waals surface area contributed by atoms with Crippen LogP contribution in [0.1, 0.15) is 33.6 Å². The minimum absolute atomic E-state index is 0.174. The first-order valence-electron chi connectivity index (χ1n) is 8.60. The van der Waals surface area contributed by atoms with Gasteiger partial charge in [-0.05, 0) is 25.7 Å². The Labute approximate surface area is 158 Å². The molecule has 1 heterocycles. The van der Waals surface area contributed by atoms with Crippen molar-refractivity contribution in [3.05, 3.63) is 0 Å². The van der Waals surface area contributed by atoms with Crippen molar-refractivity contribution in [1.82, 2.24) is 15.5 Å². The van der Waals surface area contributed by atoms with Gasteiger partial charge in [0.15, 0.2) is 0 Å². The molecule has 148 valence electrons. The van der Waals surface area contributed by atoms with E-state index in [9.17, 15) is 19.2 Å². The molecule has 0 aliphatic carbocycles. The monoisotopic (exact) mass is 388 g/mol. The third kappa shape index (κ3) is 5.60. The van der Waals surface area contributed by atoms with E-state index < -0.39 is 42.0 Å². The maximum Gasteiger partial charge on any atom is 0.325 e. The quantitative estimate of drug-likeness (QED) is 0.336. The second-order valence-electron chi connectivity index (χ2n) is 6.78. The molecular weight excluding hydrogens is 360 g/mol. The number of likely N-dealkylation sites (tertiary alicyclic amines) is 1. The zero-order valence-corrected chi connectivity index (χ0v) is 16.2. The van der Waals surface area contributed by atoms with Crippen molar-refractivity contribution in [2.75, 3.05) is 12.3 Å². The largest absolute Gasteiger partial charge is 0.480 e. The lowest BCUT2D eigenvalue weighted by molar-refractivity contribution is -0.143. The van der Waals surface area contributed by atoms with Crippen LogP contribution in [-0.4, -0.2) is 70.2 Å². The minimum Gasteiger partial charge on any atom is -0.480 e. The SMILES string of the molecule is CC(NC(=O)C(NC(=O)C1CCCN1C(=O)C(N)CS)C(C)C)C(=O)O. The molecule has 1 aliphatic rings. The van der Waals surface area contributed by atoms with Gasteiger partial charge in [-0.15, -0.1) is 0 Å². The fraction of sp³-hybridized carbons (Fsp3) is 0.750. The maximum atomic E-state index is 12.6. The third-order valence-corrected chi connectivity index (χ3v) is 4.72. The lowest BCUT2D eigenvalue weighted by atomic mass is 10.0. The van der Waals surface area contributed by atoms with Crippen molar-refractivity contribution in [1.29, 1.82) is 0 Å². The summed E-state index contributed by atoms with van der Waals surface area (Å²) in [5, 5.41) is 13.9. The summed E-state index contributed by atoms with van der Waals surface area (Å²) in [6.07, 6.45) is 1.15. The Bertz CT molecular complexity index is 557. The topological polar surface area (TPSA) is 142 Å². The maximum absolute atomic E-state index is 12.6. The highest BCUT2D eigenvalue weighted by atomic mass is 32.1. The Balaban J connectivity index is 2.82. The van der Waals surface area contributed by atoms with E-state index in [-0.39, 0.29) is 17.6 Å². The van der Waals surface area contributed by atoms with Crippen molar-refractivity contribution < 1.29 is 24.3 Å². The van der Waals surface area contributed by atoms with Crippen LogP contribution in [0.5, 0.6) is 0 Å². The van der Waals surface area contributed by atoms with Crippen molar-refractivity contribution in [3.8, 4) is 0 Å². The zero-order chi connectivity index (χ0) is 20.0. The van der Waals surface area contributed by atoms with Gasteiger partial charge >= 0.3 is 5.97 Å². The fourth-order valence-electron chi connectivity index (χ4n) is 2.74. The van der Waals surface area contributed by atoms with Crippen LogP contribution in [0.2, 0.25) is 0 Å². The molecule has 0 aromatic rings. The molecule has 3 amide bonds. The van der Waals surface area contributed by atoms with Crippen molar-refractivity contribution in [2.45, 2.75) is 57.8 Å². The molecule has 1 fully saturated rings. The highest BCUT2D eigenvalue weighted by Gasteiger charge is 2.38. The van der Waals surface area contributed by atoms with Gasteiger partial charge in [0.1, 0.15) is 18.1 Å². The third-order valence-electron chi connectivity index (χ3n) is 4.33. The van der Waals surface area contributed by atoms with Crippen molar-refractivity contribution >= 4 is 36.3 Å². The van der Waals surface area contributed by atoms with Crippen molar-refractivity contribution in [2.24, 2.45) is 11.7 Å². The van der Waals surface area contributed by atoms with E-state index in [1.165, 1.54) is 11.8 Å². The van der Waals surface area contributed by atoms with Gasteiger partial charge in [0.2, 0.25) is 17.7 Å². The van der Waals surface area contributed by atoms with Crippen LogP contribution < -0.4 is 16.4 Å². The fourth-order valence-corrected chi connectivity index (χ4v) is 2.90. The number of carboxylic acid groups (broad SMARTS) is 1. The van der Waals surface area contributed by atoms with Gasteiger partial charge in [-0.25, -0.2) is 0 Å². The zero-order valence-electron chi connectivity index (χ0n) is 15.3. The van der Waals surface area contributed by atoms with E-state index in [1.54, 1.807) is 13.8 Å². The Morgan fingerprint density at radius 1 is 1.23 bits per heavy atom. The van der Waals surface area contributed by atoms with Gasteiger partial charge in [-0.1, -0.05) is 13.8 Å². The predicted octanol–water partition coefficient (Wildman–Crippen LogP) is -1.04. The first kappa shape index (κ1) is 22.2. The van der Waals surface area contributed by atoms with Gasteiger partial charge in [-0.2, -0.15) is 12.6 Å². The van der Waals surface area contributed by atoms with Crippen LogP contribution in [0, 0.1) is 5.92 Å². The Morgan fingerprint density at radius 2 is 1.85 bits per heavy atom. The summed E-state index contributed by atoms with van der Waals surface area (Å²) >= 11 is 4.01. The molecule has 26 heavy (non-hydrogen) atoms. The molecule has 4 unspecified atom stereocenters. The number of aliphatic carboxylic acids is 1. The van der Waals surface area contributed by atoms with E-state index in [0.717, 1.165) is 0 Å². The summed E-state index contributed by atoms with van der Waals surface area (Å²) in [7, 11) is 0. The molecule has 5 N–H and O–H groups in total. The Kier molecular flexibility index (Phi) is 8.35. The number of thiol groups is 1. The van der Waals surface area contributed by atoms with Crippen LogP contribution in [0.25, 0.3) is 0 Å². The molecule has 9 nitrogen and oxygen atoms in total. The first-order valence-corrected chi connectivity index (χ1v) is 9.23. The minimum atomic E-state index is -1.17. The number of amides is 3. The molecule has 1 aliphatic heterocycles. The van der Waals surface area contributed by atoms with Crippen LogP contribution in [0.15, 0.2) is 0 Å². The van der Waals surface area contributed by atoms with Gasteiger partial charge in [0.25, 0.3) is 0 Å². The van der Waals surface area contributed by atoms with E-state index in [0.29, 0.717) is 19.4 Å². The van der Waals surface area contributed by atoms with E-state index in [2.05, 4.69) is 23.3 Å². The van der Waals surface area contributed by atoms with Crippen LogP contribution in [0.3, 0.4) is 0 Å². The van der Waals surface area contributed by atoms with Gasteiger partial charge in [0.05, 0.1) is 6.04 Å². The van der Waals surface area contributed by atoms with E-state index in [4.69, 9.17) is 10.8 Å². The highest BCUT2D eigenvalue weighted by Crippen LogP contribution is 2.19. The van der Waals surface area contributed by atoms with E-state index in [1.807, 2.05) is 0 Å². The summed E-state index contributed by atoms with van der Waals surface area (Å²) in [6.45, 7) is 5.25. The molecule has 0 aromatic carbocycles. The second kappa shape index (κ2) is 9.77. The molecule has 4 atom stereocenters. The van der Waals surface area contributed by atoms with Crippen molar-refractivity contribution in [3.63, 3.8) is 0 Å². The number of nitrogens with zero attached hydrogens (tertiary/aromatic N) is 1. The van der Waals surface area contributed by atoms with E-state index >= 15 is 0 Å². The molecule has 10 heteroatoms. The predicted molar refractivity (Wildman–Crippen MR) is 98.6 cm³/mol. The molecule has 1 rings (SSSR count). The second-order valence-corrected chi connectivity index (χ2v) is 7.14. The molecular formula is C16H28N4O5S. The Morgan fingerprint density at radius 3 is 2.35 bits per heavy atom. The number of nitrogens with one attached hydrogen (secondary N) is 2. The van der Waals surface area contributed by atoms with Crippen LogP contribution in [-0.2, 0) is 19.2 Å². The summed E-state index contributed by atoms with van der Waals surface area (Å²) in [4.78, 5) is 49.6. The van der Waals surface area contributed by atoms with Gasteiger partial charge < -0.3 is 26.4 Å². The summed E-state index contributed by atoms with van der Waals surface area (Å²) in [6, 6.07) is -3.45. The smallest absolute Gasteiger partial charge is 0.325 e. The molecule has 0 aromatic heterocycles. The number of carbonyl (C=O) groups excluding carboxylic acids is 3. The number of hydrogen-bond acceptors (Lipinski definition) is 6. The highest BCUT2D eigenvalue weighted by molar-refractivity contribution is 7.80. The average Bonchev–Trinajstić information content (AvgIpc) is 3.06. The molecule has 0 saturated carbocycles. The molecule has 0 spiro atoms.